The molecule has 2 fully saturated rings. The number of amides is 2. The fraction of sp³-hybridized carbons (Fsp3) is 0.768. The number of rotatable bonds is 47. The zero-order chi connectivity index (χ0) is 53.9. The van der Waals surface area contributed by atoms with E-state index in [1.165, 1.54) is 5.56 Å². The van der Waals surface area contributed by atoms with Gasteiger partial charge in [0.25, 0.3) is 0 Å². The van der Waals surface area contributed by atoms with Gasteiger partial charge in [-0.1, -0.05) is 57.0 Å². The Labute approximate surface area is 459 Å². The van der Waals surface area contributed by atoms with E-state index < -0.39 is 0 Å². The molecule has 0 saturated carbocycles. The fourth-order valence-electron chi connectivity index (χ4n) is 8.98. The van der Waals surface area contributed by atoms with Gasteiger partial charge in [-0.05, 0) is 67.9 Å². The largest absolute Gasteiger partial charge is 0.377 e. The second kappa shape index (κ2) is 43.7. The fourth-order valence-corrected chi connectivity index (χ4v) is 9.10. The van der Waals surface area contributed by atoms with Crippen molar-refractivity contribution in [3.8, 4) is 0 Å². The van der Waals surface area contributed by atoms with E-state index >= 15 is 0 Å². The maximum atomic E-state index is 13.4. The first-order valence-corrected chi connectivity index (χ1v) is 28.5. The predicted molar refractivity (Wildman–Crippen MR) is 294 cm³/mol. The number of hydrogen-bond donors (Lipinski definition) is 2. The summed E-state index contributed by atoms with van der Waals surface area (Å²) in [5, 5.41) is 6.68. The first kappa shape index (κ1) is 65.4. The number of carbonyl (C=O) groups is 2. The van der Waals surface area contributed by atoms with E-state index in [2.05, 4.69) is 75.4 Å². The highest BCUT2D eigenvalue weighted by molar-refractivity contribution is 6.30. The Kier molecular flexibility index (Phi) is 37.6. The van der Waals surface area contributed by atoms with Gasteiger partial charge in [0, 0.05) is 75.0 Å². The van der Waals surface area contributed by atoms with Crippen molar-refractivity contribution in [3.05, 3.63) is 59.2 Å². The number of nitrogens with one attached hydrogen (secondary N) is 2. The molecule has 0 radical (unpaired) electrons. The van der Waals surface area contributed by atoms with Crippen LogP contribution in [0.1, 0.15) is 64.9 Å². The standard InChI is InChI=1S/C56H95ClN6O13/c1-4-5-9-55(64)59-17-21-66-23-25-68-27-29-70-31-33-72-35-37-74-39-41-76-42-40-75-38-36-73-34-32-71-30-28-69-26-24-67-22-18-60-56(65)47-62-45-53(44-49-10-12-50(57)13-11-49)63(46-52(62)43-48(2)3)51-14-19-61(20-15-51)54-8-6-7-16-58-54/h6-8,10-13,16,48,51-53H,4-5,9,14-15,17-47H2,1-3H3,(H,59,64)(H,60,65)/t52-,53-/m0/s1. The van der Waals surface area contributed by atoms with Crippen molar-refractivity contribution in [2.45, 2.75) is 83.8 Å². The first-order chi connectivity index (χ1) is 37.3. The number of carbonyl (C=O) groups excluding carboxylic acids is 2. The van der Waals surface area contributed by atoms with E-state index in [1.54, 1.807) is 0 Å². The van der Waals surface area contributed by atoms with Crippen LogP contribution in [0.2, 0.25) is 5.02 Å². The van der Waals surface area contributed by atoms with Gasteiger partial charge in [-0.3, -0.25) is 19.4 Å². The molecule has 0 aliphatic carbocycles. The number of halogens is 1. The lowest BCUT2D eigenvalue weighted by molar-refractivity contribution is -0.125. The Morgan fingerprint density at radius 3 is 1.46 bits per heavy atom. The van der Waals surface area contributed by atoms with Crippen LogP contribution in [0.5, 0.6) is 0 Å². The van der Waals surface area contributed by atoms with Crippen molar-refractivity contribution >= 4 is 29.2 Å². The third-order valence-electron chi connectivity index (χ3n) is 12.8. The molecule has 2 N–H and O–H groups in total. The van der Waals surface area contributed by atoms with Crippen LogP contribution in [-0.2, 0) is 68.1 Å². The van der Waals surface area contributed by atoms with Crippen molar-refractivity contribution in [2.75, 3.05) is 196 Å². The molecule has 2 atom stereocenters. The Bertz CT molecular complexity index is 1710. The topological polar surface area (TPSA) is 182 Å². The van der Waals surface area contributed by atoms with Crippen molar-refractivity contribution in [1.82, 2.24) is 25.4 Å². The molecule has 3 heterocycles. The number of aromatic nitrogens is 1. The Balaban J connectivity index is 0.887. The molecule has 19 nitrogen and oxygen atoms in total. The summed E-state index contributed by atoms with van der Waals surface area (Å²) < 4.78 is 61.1. The molecule has 1 aromatic carbocycles. The average molecular weight is 1100 g/mol. The van der Waals surface area contributed by atoms with Crippen molar-refractivity contribution in [1.29, 1.82) is 0 Å². The van der Waals surface area contributed by atoms with Crippen molar-refractivity contribution < 1.29 is 61.7 Å². The maximum absolute atomic E-state index is 13.4. The molecule has 434 valence electrons. The number of anilines is 1. The molecule has 2 saturated heterocycles. The number of pyridine rings is 1. The van der Waals surface area contributed by atoms with E-state index in [-0.39, 0.29) is 17.9 Å². The number of piperidine rings is 1. The second-order valence-electron chi connectivity index (χ2n) is 19.3. The summed E-state index contributed by atoms with van der Waals surface area (Å²) in [5.41, 5.74) is 1.27. The van der Waals surface area contributed by atoms with Gasteiger partial charge in [0.15, 0.2) is 0 Å². The van der Waals surface area contributed by atoms with Gasteiger partial charge in [-0.15, -0.1) is 0 Å². The molecule has 76 heavy (non-hydrogen) atoms. The molecule has 0 bridgehead atoms. The summed E-state index contributed by atoms with van der Waals surface area (Å²) in [7, 11) is 0. The number of benzene rings is 1. The smallest absolute Gasteiger partial charge is 0.234 e. The van der Waals surface area contributed by atoms with Crippen LogP contribution >= 0.6 is 11.6 Å². The molecule has 2 aliphatic heterocycles. The molecule has 2 aliphatic rings. The zero-order valence-corrected chi connectivity index (χ0v) is 47.1. The highest BCUT2D eigenvalue weighted by Gasteiger charge is 2.39. The third kappa shape index (κ3) is 31.5. The normalized spacial score (nSPS) is 16.7. The second-order valence-corrected chi connectivity index (χ2v) is 19.8. The SMILES string of the molecule is CCCCC(=O)NCCOCCOCCOCCOCCOCCOCCOCCOCCOCCOCCOCCNC(=O)CN1C[C@H](Cc2ccc(Cl)cc2)N(C2CCN(c3ccccn3)CC2)C[C@@H]1CC(C)C. The highest BCUT2D eigenvalue weighted by Crippen LogP contribution is 2.30. The van der Waals surface area contributed by atoms with Gasteiger partial charge in [0.1, 0.15) is 5.82 Å². The molecular weight excluding hydrogens is 1000 g/mol. The summed E-state index contributed by atoms with van der Waals surface area (Å²) in [4.78, 5) is 37.1. The minimum absolute atomic E-state index is 0.0303. The van der Waals surface area contributed by atoms with Gasteiger partial charge >= 0.3 is 0 Å². The summed E-state index contributed by atoms with van der Waals surface area (Å²) in [5.74, 6) is 1.68. The van der Waals surface area contributed by atoms with E-state index in [0.717, 1.165) is 75.5 Å². The van der Waals surface area contributed by atoms with Crippen molar-refractivity contribution in [2.24, 2.45) is 5.92 Å². The van der Waals surface area contributed by atoms with E-state index in [9.17, 15) is 9.59 Å². The van der Waals surface area contributed by atoms with Gasteiger partial charge in [0.05, 0.1) is 152 Å². The molecule has 0 spiro atoms. The van der Waals surface area contributed by atoms with Crippen LogP contribution in [0, 0.1) is 5.92 Å². The number of piperazine rings is 1. The number of hydrogen-bond acceptors (Lipinski definition) is 17. The molecule has 2 aromatic rings. The summed E-state index contributed by atoms with van der Waals surface area (Å²) in [6.07, 6.45) is 8.50. The van der Waals surface area contributed by atoms with E-state index in [1.807, 2.05) is 24.4 Å². The highest BCUT2D eigenvalue weighted by atomic mass is 35.5. The summed E-state index contributed by atoms with van der Waals surface area (Å²) in [6, 6.07) is 15.4. The minimum atomic E-state index is 0.0303. The Morgan fingerprint density at radius 1 is 0.592 bits per heavy atom. The molecule has 20 heteroatoms. The number of nitrogens with zero attached hydrogens (tertiary/aromatic N) is 4. The predicted octanol–water partition coefficient (Wildman–Crippen LogP) is 4.95. The van der Waals surface area contributed by atoms with Gasteiger partial charge in [0.2, 0.25) is 11.8 Å². The van der Waals surface area contributed by atoms with E-state index in [0.29, 0.717) is 189 Å². The lowest BCUT2D eigenvalue weighted by Crippen LogP contribution is -2.64. The Hall–Kier alpha value is -3.12. The minimum Gasteiger partial charge on any atom is -0.377 e. The van der Waals surface area contributed by atoms with E-state index in [4.69, 9.17) is 63.7 Å². The van der Waals surface area contributed by atoms with Crippen LogP contribution in [0.3, 0.4) is 0 Å². The molecule has 1 aromatic heterocycles. The molecular formula is C56H95ClN6O13. The lowest BCUT2D eigenvalue weighted by atomic mass is 9.91. The van der Waals surface area contributed by atoms with Crippen LogP contribution in [0.15, 0.2) is 48.7 Å². The van der Waals surface area contributed by atoms with Crippen molar-refractivity contribution in [3.63, 3.8) is 0 Å². The third-order valence-corrected chi connectivity index (χ3v) is 13.1. The van der Waals surface area contributed by atoms with Gasteiger partial charge in [-0.25, -0.2) is 4.98 Å². The molecule has 0 unspecified atom stereocenters. The number of unbranched alkanes of at least 4 members (excludes halogenated alkanes) is 1. The number of ether oxygens (including phenoxy) is 11. The van der Waals surface area contributed by atoms with Gasteiger partial charge in [-0.2, -0.15) is 0 Å². The monoisotopic (exact) mass is 1090 g/mol. The maximum Gasteiger partial charge on any atom is 0.234 e. The molecule has 2 amide bonds. The van der Waals surface area contributed by atoms with Crippen LogP contribution < -0.4 is 15.5 Å². The first-order valence-electron chi connectivity index (χ1n) is 28.1. The van der Waals surface area contributed by atoms with Crippen LogP contribution in [0.4, 0.5) is 5.82 Å². The van der Waals surface area contributed by atoms with Crippen LogP contribution in [-0.4, -0.2) is 236 Å². The summed E-state index contributed by atoms with van der Waals surface area (Å²) >= 11 is 6.27. The lowest BCUT2D eigenvalue weighted by Gasteiger charge is -2.51. The quantitative estimate of drug-likeness (QED) is 0.0849. The molecule has 4 rings (SSSR count). The Morgan fingerprint density at radius 2 is 1.04 bits per heavy atom. The van der Waals surface area contributed by atoms with Crippen LogP contribution in [0.25, 0.3) is 0 Å². The van der Waals surface area contributed by atoms with Gasteiger partial charge < -0.3 is 67.6 Å². The average Bonchev–Trinajstić information content (AvgIpc) is 3.43. The zero-order valence-electron chi connectivity index (χ0n) is 46.4. The summed E-state index contributed by atoms with van der Waals surface area (Å²) in [6.45, 7) is 22.2.